The largest absolute Gasteiger partial charge is 0.309 e. The average Bonchev–Trinajstić information content (AvgIpc) is 2.50. The quantitative estimate of drug-likeness (QED) is 0.823. The molecule has 1 saturated heterocycles. The van der Waals surface area contributed by atoms with Crippen molar-refractivity contribution in [2.75, 3.05) is 18.5 Å². The van der Waals surface area contributed by atoms with Gasteiger partial charge in [0.2, 0.25) is 5.91 Å². The van der Waals surface area contributed by atoms with Gasteiger partial charge in [0.1, 0.15) is 0 Å². The lowest BCUT2D eigenvalue weighted by molar-refractivity contribution is -0.120. The molecule has 0 radical (unpaired) electrons. The van der Waals surface area contributed by atoms with Crippen LogP contribution in [0.3, 0.4) is 0 Å². The summed E-state index contributed by atoms with van der Waals surface area (Å²) >= 11 is 0. The van der Waals surface area contributed by atoms with Crippen molar-refractivity contribution in [1.29, 1.82) is 0 Å². The molecule has 5 nitrogen and oxygen atoms in total. The molecule has 2 heterocycles. The highest BCUT2D eigenvalue weighted by Crippen LogP contribution is 2.21. The monoisotopic (exact) mass is 234 g/mol. The van der Waals surface area contributed by atoms with Gasteiger partial charge in [-0.25, -0.2) is 4.98 Å². The van der Waals surface area contributed by atoms with E-state index in [1.54, 1.807) is 23.5 Å². The number of nitrogens with one attached hydrogen (secondary N) is 1. The highest BCUT2D eigenvalue weighted by molar-refractivity contribution is 5.96. The number of likely N-dealkylation sites (N-methyl/N-ethyl adjacent to an activating group) is 1. The minimum atomic E-state index is -0.109. The Kier molecular flexibility index (Phi) is 3.68. The summed E-state index contributed by atoms with van der Waals surface area (Å²) < 4.78 is 0. The number of aromatic nitrogens is 2. The molecule has 1 aromatic rings. The van der Waals surface area contributed by atoms with Gasteiger partial charge in [-0.15, -0.1) is 0 Å². The number of carbonyl (C=O) groups is 1. The van der Waals surface area contributed by atoms with Crippen molar-refractivity contribution >= 4 is 11.7 Å². The zero-order chi connectivity index (χ0) is 12.3. The molecule has 1 N–H and O–H groups in total. The number of rotatable bonds is 2. The van der Waals surface area contributed by atoms with Crippen LogP contribution in [0.25, 0.3) is 0 Å². The third-order valence-corrected chi connectivity index (χ3v) is 3.18. The van der Waals surface area contributed by atoms with E-state index in [2.05, 4.69) is 22.2 Å². The normalized spacial score (nSPS) is 25.8. The van der Waals surface area contributed by atoms with Crippen LogP contribution in [0.5, 0.6) is 0 Å². The maximum absolute atomic E-state index is 12.3. The summed E-state index contributed by atoms with van der Waals surface area (Å²) in [5.74, 6) is 1.23. The first-order valence-corrected chi connectivity index (χ1v) is 5.97. The average molecular weight is 234 g/mol. The lowest BCUT2D eigenvalue weighted by Gasteiger charge is -2.23. The van der Waals surface area contributed by atoms with E-state index in [1.807, 2.05) is 7.05 Å². The molecule has 0 saturated carbocycles. The Morgan fingerprint density at radius 2 is 2.24 bits per heavy atom. The van der Waals surface area contributed by atoms with Crippen LogP contribution >= 0.6 is 0 Å². The molecule has 2 atom stereocenters. The summed E-state index contributed by atoms with van der Waals surface area (Å²) in [5.41, 5.74) is 0. The summed E-state index contributed by atoms with van der Waals surface area (Å²) in [6.07, 6.45) is 6.81. The number of amides is 1. The topological polar surface area (TPSA) is 58.1 Å². The Hall–Kier alpha value is -1.49. The second kappa shape index (κ2) is 5.23. The molecule has 0 spiro atoms. The maximum atomic E-state index is 12.3. The second-order valence-electron chi connectivity index (χ2n) is 4.54. The van der Waals surface area contributed by atoms with Crippen LogP contribution in [0, 0.1) is 5.92 Å². The van der Waals surface area contributed by atoms with Crippen LogP contribution in [0.15, 0.2) is 18.6 Å². The van der Waals surface area contributed by atoms with Crippen LogP contribution in [-0.2, 0) is 4.79 Å². The predicted octanol–water partition coefficient (Wildman–Crippen LogP) is 0.827. The molecule has 92 valence electrons. The molecule has 0 aromatic carbocycles. The number of anilines is 1. The SMILES string of the molecule is CNC1CCC(C)CN(c2cnccn2)C1=O. The van der Waals surface area contributed by atoms with E-state index in [0.717, 1.165) is 19.4 Å². The fourth-order valence-corrected chi connectivity index (χ4v) is 2.16. The van der Waals surface area contributed by atoms with E-state index in [4.69, 9.17) is 0 Å². The van der Waals surface area contributed by atoms with Gasteiger partial charge >= 0.3 is 0 Å². The zero-order valence-corrected chi connectivity index (χ0v) is 10.3. The minimum Gasteiger partial charge on any atom is -0.309 e. The van der Waals surface area contributed by atoms with Gasteiger partial charge in [-0.2, -0.15) is 0 Å². The zero-order valence-electron chi connectivity index (χ0n) is 10.3. The Morgan fingerprint density at radius 1 is 1.41 bits per heavy atom. The molecule has 17 heavy (non-hydrogen) atoms. The van der Waals surface area contributed by atoms with Crippen LogP contribution < -0.4 is 10.2 Å². The summed E-state index contributed by atoms with van der Waals surface area (Å²) in [6, 6.07) is -0.109. The van der Waals surface area contributed by atoms with Crippen molar-refractivity contribution in [3.63, 3.8) is 0 Å². The molecule has 0 bridgehead atoms. The van der Waals surface area contributed by atoms with E-state index in [1.165, 1.54) is 0 Å². The summed E-state index contributed by atoms with van der Waals surface area (Å²) in [4.78, 5) is 22.3. The molecular weight excluding hydrogens is 216 g/mol. The molecule has 1 fully saturated rings. The van der Waals surface area contributed by atoms with Gasteiger partial charge in [-0.3, -0.25) is 14.7 Å². The fraction of sp³-hybridized carbons (Fsp3) is 0.583. The first kappa shape index (κ1) is 12.0. The van der Waals surface area contributed by atoms with Crippen LogP contribution in [0.1, 0.15) is 19.8 Å². The minimum absolute atomic E-state index is 0.0948. The molecule has 5 heteroatoms. The van der Waals surface area contributed by atoms with E-state index < -0.39 is 0 Å². The van der Waals surface area contributed by atoms with Crippen molar-refractivity contribution in [2.45, 2.75) is 25.8 Å². The Labute approximate surface area is 101 Å². The van der Waals surface area contributed by atoms with Crippen molar-refractivity contribution in [3.8, 4) is 0 Å². The molecule has 2 unspecified atom stereocenters. The Balaban J connectivity index is 2.26. The van der Waals surface area contributed by atoms with Crippen molar-refractivity contribution < 1.29 is 4.79 Å². The third-order valence-electron chi connectivity index (χ3n) is 3.18. The second-order valence-corrected chi connectivity index (χ2v) is 4.54. The molecule has 2 rings (SSSR count). The van der Waals surface area contributed by atoms with Gasteiger partial charge in [0.15, 0.2) is 5.82 Å². The molecule has 1 amide bonds. The van der Waals surface area contributed by atoms with Gasteiger partial charge in [0.25, 0.3) is 0 Å². The van der Waals surface area contributed by atoms with Gasteiger partial charge in [-0.05, 0) is 25.8 Å². The molecular formula is C12H18N4O. The van der Waals surface area contributed by atoms with Crippen molar-refractivity contribution in [1.82, 2.24) is 15.3 Å². The number of hydrogen-bond donors (Lipinski definition) is 1. The highest BCUT2D eigenvalue weighted by atomic mass is 16.2. The predicted molar refractivity (Wildman–Crippen MR) is 65.6 cm³/mol. The van der Waals surface area contributed by atoms with Gasteiger partial charge < -0.3 is 5.32 Å². The summed E-state index contributed by atoms with van der Waals surface area (Å²) in [7, 11) is 1.83. The summed E-state index contributed by atoms with van der Waals surface area (Å²) in [5, 5.41) is 3.07. The number of nitrogens with zero attached hydrogens (tertiary/aromatic N) is 3. The third kappa shape index (κ3) is 2.61. The summed E-state index contributed by atoms with van der Waals surface area (Å²) in [6.45, 7) is 2.88. The van der Waals surface area contributed by atoms with E-state index in [0.29, 0.717) is 11.7 Å². The van der Waals surface area contributed by atoms with Crippen molar-refractivity contribution in [2.24, 2.45) is 5.92 Å². The lowest BCUT2D eigenvalue weighted by atomic mass is 10.0. The van der Waals surface area contributed by atoms with Gasteiger partial charge in [0.05, 0.1) is 12.2 Å². The van der Waals surface area contributed by atoms with Gasteiger partial charge in [-0.1, -0.05) is 6.92 Å². The highest BCUT2D eigenvalue weighted by Gasteiger charge is 2.30. The number of carbonyl (C=O) groups excluding carboxylic acids is 1. The standard InChI is InChI=1S/C12H18N4O/c1-9-3-4-10(13-2)12(17)16(8-9)11-7-14-5-6-15-11/h5-7,9-10,13H,3-4,8H2,1-2H3. The van der Waals surface area contributed by atoms with E-state index >= 15 is 0 Å². The van der Waals surface area contributed by atoms with Crippen molar-refractivity contribution in [3.05, 3.63) is 18.6 Å². The molecule has 1 aliphatic rings. The van der Waals surface area contributed by atoms with E-state index in [9.17, 15) is 4.79 Å². The lowest BCUT2D eigenvalue weighted by Crippen LogP contribution is -2.44. The Bertz CT molecular complexity index is 381. The number of hydrogen-bond acceptors (Lipinski definition) is 4. The molecule has 1 aromatic heterocycles. The van der Waals surface area contributed by atoms with Crippen LogP contribution in [0.2, 0.25) is 0 Å². The first-order chi connectivity index (χ1) is 8.22. The Morgan fingerprint density at radius 3 is 2.88 bits per heavy atom. The van der Waals surface area contributed by atoms with E-state index in [-0.39, 0.29) is 11.9 Å². The molecule has 1 aliphatic heterocycles. The smallest absolute Gasteiger partial charge is 0.245 e. The van der Waals surface area contributed by atoms with Crippen LogP contribution in [0.4, 0.5) is 5.82 Å². The maximum Gasteiger partial charge on any atom is 0.245 e. The molecule has 0 aliphatic carbocycles. The van der Waals surface area contributed by atoms with Gasteiger partial charge in [0, 0.05) is 18.9 Å². The first-order valence-electron chi connectivity index (χ1n) is 5.97. The van der Waals surface area contributed by atoms with Crippen LogP contribution in [-0.4, -0.2) is 35.5 Å². The fourth-order valence-electron chi connectivity index (χ4n) is 2.16.